The molecule has 1 N–H and O–H groups in total. The van der Waals surface area contributed by atoms with Gasteiger partial charge in [0.2, 0.25) is 6.29 Å². The summed E-state index contributed by atoms with van der Waals surface area (Å²) in [6.07, 6.45) is 1.73. The molecule has 2 aromatic carbocycles. The van der Waals surface area contributed by atoms with Crippen molar-refractivity contribution in [3.8, 4) is 22.6 Å². The lowest BCUT2D eigenvalue weighted by Crippen LogP contribution is -2.10. The van der Waals surface area contributed by atoms with Gasteiger partial charge in [-0.2, -0.15) is 0 Å². The molecule has 2 aromatic rings. The van der Waals surface area contributed by atoms with E-state index in [0.717, 1.165) is 16.9 Å². The van der Waals surface area contributed by atoms with Gasteiger partial charge in [-0.15, -0.1) is 0 Å². The van der Waals surface area contributed by atoms with E-state index in [2.05, 4.69) is 13.2 Å². The second kappa shape index (κ2) is 6.59. The molecule has 0 aliphatic rings. The van der Waals surface area contributed by atoms with Crippen molar-refractivity contribution in [1.82, 2.24) is 0 Å². The zero-order valence-corrected chi connectivity index (χ0v) is 11.0. The van der Waals surface area contributed by atoms with Crippen molar-refractivity contribution in [3.63, 3.8) is 0 Å². The highest BCUT2D eigenvalue weighted by Crippen LogP contribution is 2.25. The molecule has 1 atom stereocenters. The molecule has 3 nitrogen and oxygen atoms in total. The Hall–Kier alpha value is -2.52. The van der Waals surface area contributed by atoms with Crippen molar-refractivity contribution in [2.45, 2.75) is 6.29 Å². The molecule has 0 amide bonds. The Balaban J connectivity index is 2.12. The summed E-state index contributed by atoms with van der Waals surface area (Å²) in [5, 5.41) is 9.32. The van der Waals surface area contributed by atoms with Gasteiger partial charge in [-0.25, -0.2) is 0 Å². The Bertz CT molecular complexity index is 570. The molecule has 0 aromatic heterocycles. The fourth-order valence-corrected chi connectivity index (χ4v) is 1.74. The monoisotopic (exact) mass is 268 g/mol. The van der Waals surface area contributed by atoms with Gasteiger partial charge in [0.05, 0.1) is 6.26 Å². The van der Waals surface area contributed by atoms with Gasteiger partial charge < -0.3 is 14.6 Å². The molecule has 0 radical (unpaired) electrons. The zero-order chi connectivity index (χ0) is 14.4. The maximum Gasteiger partial charge on any atom is 0.216 e. The lowest BCUT2D eigenvalue weighted by Gasteiger charge is -2.10. The highest BCUT2D eigenvalue weighted by molar-refractivity contribution is 5.64. The van der Waals surface area contributed by atoms with Gasteiger partial charge in [-0.1, -0.05) is 37.4 Å². The van der Waals surface area contributed by atoms with E-state index >= 15 is 0 Å². The predicted octanol–water partition coefficient (Wildman–Crippen LogP) is 3.76. The van der Waals surface area contributed by atoms with E-state index in [-0.39, 0.29) is 0 Å². The molecule has 3 heteroatoms. The first-order valence-electron chi connectivity index (χ1n) is 6.18. The van der Waals surface area contributed by atoms with Crippen LogP contribution in [0, 0.1) is 0 Å². The molecule has 2 rings (SSSR count). The standard InChI is InChI=1S/C17H16O3/c1-3-17(18)20-16-11-7-14(8-12-16)13-5-9-15(10-6-13)19-4-2/h3-12,17-18H,1-2H2. The third kappa shape index (κ3) is 3.49. The van der Waals surface area contributed by atoms with Crippen molar-refractivity contribution in [2.75, 3.05) is 0 Å². The van der Waals surface area contributed by atoms with Crippen LogP contribution in [0.15, 0.2) is 74.0 Å². The largest absolute Gasteiger partial charge is 0.466 e. The zero-order valence-electron chi connectivity index (χ0n) is 11.0. The van der Waals surface area contributed by atoms with E-state index in [1.165, 1.54) is 12.3 Å². The maximum absolute atomic E-state index is 9.32. The number of ether oxygens (including phenoxy) is 2. The van der Waals surface area contributed by atoms with Gasteiger partial charge in [-0.3, -0.25) is 0 Å². The van der Waals surface area contributed by atoms with E-state index in [9.17, 15) is 5.11 Å². The maximum atomic E-state index is 9.32. The summed E-state index contributed by atoms with van der Waals surface area (Å²) in [5.41, 5.74) is 2.12. The van der Waals surface area contributed by atoms with Crippen LogP contribution < -0.4 is 9.47 Å². The van der Waals surface area contributed by atoms with Crippen LogP contribution >= 0.6 is 0 Å². The van der Waals surface area contributed by atoms with E-state index in [1.807, 2.05) is 36.4 Å². The van der Waals surface area contributed by atoms with Gasteiger partial charge in [0.1, 0.15) is 11.5 Å². The number of rotatable bonds is 6. The van der Waals surface area contributed by atoms with Crippen LogP contribution in [0.1, 0.15) is 0 Å². The third-order valence-electron chi connectivity index (χ3n) is 2.72. The average Bonchev–Trinajstić information content (AvgIpc) is 2.49. The molecular weight excluding hydrogens is 252 g/mol. The van der Waals surface area contributed by atoms with Crippen LogP contribution in [0.4, 0.5) is 0 Å². The average molecular weight is 268 g/mol. The molecule has 20 heavy (non-hydrogen) atoms. The highest BCUT2D eigenvalue weighted by Gasteiger charge is 2.02. The molecule has 0 spiro atoms. The first kappa shape index (κ1) is 13.9. The Morgan fingerprint density at radius 2 is 1.35 bits per heavy atom. The molecule has 102 valence electrons. The van der Waals surface area contributed by atoms with Gasteiger partial charge >= 0.3 is 0 Å². The van der Waals surface area contributed by atoms with Crippen molar-refractivity contribution in [3.05, 3.63) is 74.0 Å². The molecule has 0 fully saturated rings. The molecule has 1 unspecified atom stereocenters. The summed E-state index contributed by atoms with van der Waals surface area (Å²) in [4.78, 5) is 0. The van der Waals surface area contributed by atoms with Crippen molar-refractivity contribution in [2.24, 2.45) is 0 Å². The number of benzene rings is 2. The number of aliphatic hydroxyl groups is 1. The Morgan fingerprint density at radius 1 is 0.850 bits per heavy atom. The lowest BCUT2D eigenvalue weighted by molar-refractivity contribution is 0.0251. The Morgan fingerprint density at radius 3 is 1.80 bits per heavy atom. The van der Waals surface area contributed by atoms with Crippen LogP contribution in [0.5, 0.6) is 11.5 Å². The smallest absolute Gasteiger partial charge is 0.216 e. The summed E-state index contributed by atoms with van der Waals surface area (Å²) in [6, 6.07) is 15.1. The van der Waals surface area contributed by atoms with Gasteiger partial charge in [0, 0.05) is 0 Å². The summed E-state index contributed by atoms with van der Waals surface area (Å²) in [5.74, 6) is 1.34. The molecule has 0 aliphatic carbocycles. The van der Waals surface area contributed by atoms with E-state index in [1.54, 1.807) is 12.1 Å². The second-order valence-corrected chi connectivity index (χ2v) is 4.08. The number of hydrogen-bond donors (Lipinski definition) is 1. The van der Waals surface area contributed by atoms with Crippen molar-refractivity contribution >= 4 is 0 Å². The van der Waals surface area contributed by atoms with E-state index < -0.39 is 6.29 Å². The predicted molar refractivity (Wildman–Crippen MR) is 79.5 cm³/mol. The van der Waals surface area contributed by atoms with Crippen molar-refractivity contribution in [1.29, 1.82) is 0 Å². The summed E-state index contributed by atoms with van der Waals surface area (Å²) >= 11 is 0. The van der Waals surface area contributed by atoms with Crippen LogP contribution in [-0.2, 0) is 0 Å². The first-order chi connectivity index (χ1) is 9.72. The Kier molecular flexibility index (Phi) is 4.58. The van der Waals surface area contributed by atoms with Gasteiger partial charge in [0.15, 0.2) is 0 Å². The minimum absolute atomic E-state index is 0.591. The van der Waals surface area contributed by atoms with Gasteiger partial charge in [0.25, 0.3) is 0 Å². The van der Waals surface area contributed by atoms with E-state index in [0.29, 0.717) is 5.75 Å². The molecule has 0 saturated heterocycles. The molecular formula is C17H16O3. The minimum Gasteiger partial charge on any atom is -0.466 e. The minimum atomic E-state index is -0.990. The third-order valence-corrected chi connectivity index (χ3v) is 2.72. The summed E-state index contributed by atoms with van der Waals surface area (Å²) in [7, 11) is 0. The topological polar surface area (TPSA) is 38.7 Å². The second-order valence-electron chi connectivity index (χ2n) is 4.08. The van der Waals surface area contributed by atoms with Gasteiger partial charge in [-0.05, 0) is 41.5 Å². The first-order valence-corrected chi connectivity index (χ1v) is 6.18. The quantitative estimate of drug-likeness (QED) is 0.492. The van der Waals surface area contributed by atoms with Crippen LogP contribution in [0.3, 0.4) is 0 Å². The highest BCUT2D eigenvalue weighted by atomic mass is 16.6. The summed E-state index contributed by atoms with van der Waals surface area (Å²) < 4.78 is 10.4. The van der Waals surface area contributed by atoms with Crippen LogP contribution in [0.2, 0.25) is 0 Å². The lowest BCUT2D eigenvalue weighted by atomic mass is 10.1. The van der Waals surface area contributed by atoms with Crippen LogP contribution in [-0.4, -0.2) is 11.4 Å². The molecule has 0 bridgehead atoms. The Labute approximate surface area is 118 Å². The molecule has 0 saturated carbocycles. The SMILES string of the molecule is C=COc1ccc(-c2ccc(OC(O)C=C)cc2)cc1. The molecule has 0 heterocycles. The number of aliphatic hydroxyl groups excluding tert-OH is 1. The normalized spacial score (nSPS) is 11.4. The summed E-state index contributed by atoms with van der Waals surface area (Å²) in [6.45, 7) is 6.96. The van der Waals surface area contributed by atoms with Crippen molar-refractivity contribution < 1.29 is 14.6 Å². The number of hydrogen-bond acceptors (Lipinski definition) is 3. The van der Waals surface area contributed by atoms with Crippen LogP contribution in [0.25, 0.3) is 11.1 Å². The fourth-order valence-electron chi connectivity index (χ4n) is 1.74. The van der Waals surface area contributed by atoms with E-state index in [4.69, 9.17) is 9.47 Å². The molecule has 0 aliphatic heterocycles. The fraction of sp³-hybridized carbons (Fsp3) is 0.0588.